The van der Waals surface area contributed by atoms with E-state index in [4.69, 9.17) is 4.74 Å². The van der Waals surface area contributed by atoms with Crippen LogP contribution in [0.3, 0.4) is 0 Å². The fraction of sp³-hybridized carbons (Fsp3) is 0.258. The van der Waals surface area contributed by atoms with Gasteiger partial charge >= 0.3 is 0 Å². The highest BCUT2D eigenvalue weighted by Gasteiger charge is 2.17. The molecule has 7 nitrogen and oxygen atoms in total. The van der Waals surface area contributed by atoms with Gasteiger partial charge in [0, 0.05) is 18.8 Å². The summed E-state index contributed by atoms with van der Waals surface area (Å²) in [4.78, 5) is 15.0. The van der Waals surface area contributed by atoms with Gasteiger partial charge in [-0.3, -0.25) is 4.79 Å². The molecular formula is C31H33N5O2. The van der Waals surface area contributed by atoms with Gasteiger partial charge in [0.1, 0.15) is 11.9 Å². The second kappa shape index (κ2) is 11.9. The Balaban J connectivity index is 1.12. The van der Waals surface area contributed by atoms with Crippen LogP contribution in [0.1, 0.15) is 45.6 Å². The average molecular weight is 508 g/mol. The summed E-state index contributed by atoms with van der Waals surface area (Å²) in [5.41, 5.74) is 5.44. The second-order valence-corrected chi connectivity index (χ2v) is 9.89. The van der Waals surface area contributed by atoms with Crippen molar-refractivity contribution in [2.45, 2.75) is 32.4 Å². The van der Waals surface area contributed by atoms with Gasteiger partial charge in [0.25, 0.3) is 5.91 Å². The number of aromatic nitrogens is 3. The van der Waals surface area contributed by atoms with Crippen LogP contribution < -0.4 is 10.1 Å². The van der Waals surface area contributed by atoms with Gasteiger partial charge in [-0.2, -0.15) is 0 Å². The Morgan fingerprint density at radius 1 is 0.947 bits per heavy atom. The zero-order valence-electron chi connectivity index (χ0n) is 21.9. The number of aryl methyl sites for hydroxylation is 1. The lowest BCUT2D eigenvalue weighted by atomic mass is 10.1. The minimum Gasteiger partial charge on any atom is -0.490 e. The maximum atomic E-state index is 12.6. The zero-order chi connectivity index (χ0) is 26.3. The molecule has 1 aliphatic heterocycles. The molecule has 7 heteroatoms. The van der Waals surface area contributed by atoms with Gasteiger partial charge in [-0.25, -0.2) is 4.68 Å². The van der Waals surface area contributed by atoms with Crippen LogP contribution in [-0.4, -0.2) is 52.0 Å². The van der Waals surface area contributed by atoms with Crippen molar-refractivity contribution in [1.82, 2.24) is 19.9 Å². The number of ether oxygens (including phenoxy) is 1. The van der Waals surface area contributed by atoms with E-state index in [9.17, 15) is 4.79 Å². The Labute approximate surface area is 223 Å². The fourth-order valence-corrected chi connectivity index (χ4v) is 4.38. The topological polar surface area (TPSA) is 72.3 Å². The van der Waals surface area contributed by atoms with Gasteiger partial charge in [-0.1, -0.05) is 71.5 Å². The second-order valence-electron chi connectivity index (χ2n) is 9.89. The summed E-state index contributed by atoms with van der Waals surface area (Å²) >= 11 is 0. The molecule has 0 radical (unpaired) electrons. The van der Waals surface area contributed by atoms with Crippen LogP contribution in [0.25, 0.3) is 12.2 Å². The van der Waals surface area contributed by atoms with Crippen molar-refractivity contribution in [3.63, 3.8) is 0 Å². The first kappa shape index (κ1) is 25.4. The highest BCUT2D eigenvalue weighted by Crippen LogP contribution is 2.20. The number of rotatable bonds is 8. The van der Waals surface area contributed by atoms with Gasteiger partial charge in [0.15, 0.2) is 5.69 Å². The van der Waals surface area contributed by atoms with Crippen molar-refractivity contribution in [2.24, 2.45) is 0 Å². The van der Waals surface area contributed by atoms with E-state index in [1.807, 2.05) is 48.5 Å². The minimum atomic E-state index is -0.286. The molecule has 38 heavy (non-hydrogen) atoms. The number of amides is 1. The maximum Gasteiger partial charge on any atom is 0.277 e. The molecule has 1 amide bonds. The maximum absolute atomic E-state index is 12.6. The monoisotopic (exact) mass is 507 g/mol. The number of hydrogen-bond acceptors (Lipinski definition) is 5. The predicted molar refractivity (Wildman–Crippen MR) is 151 cm³/mol. The average Bonchev–Trinajstić information content (AvgIpc) is 3.40. The van der Waals surface area contributed by atoms with Crippen molar-refractivity contribution < 1.29 is 9.53 Å². The number of nitrogens with zero attached hydrogens (tertiary/aromatic N) is 4. The fourth-order valence-electron chi connectivity index (χ4n) is 4.38. The largest absolute Gasteiger partial charge is 0.490 e. The molecule has 194 valence electrons. The lowest BCUT2D eigenvalue weighted by Crippen LogP contribution is -2.35. The Morgan fingerprint density at radius 2 is 1.58 bits per heavy atom. The lowest BCUT2D eigenvalue weighted by Gasteiger charge is -2.29. The molecule has 0 aliphatic carbocycles. The molecule has 2 heterocycles. The molecule has 1 saturated heterocycles. The van der Waals surface area contributed by atoms with E-state index in [0.29, 0.717) is 18.3 Å². The first-order valence-corrected chi connectivity index (χ1v) is 13.0. The van der Waals surface area contributed by atoms with E-state index in [0.717, 1.165) is 48.4 Å². The molecule has 0 saturated carbocycles. The van der Waals surface area contributed by atoms with Gasteiger partial charge in [0.2, 0.25) is 0 Å². The number of carbonyl (C=O) groups is 1. The molecule has 4 aromatic rings. The predicted octanol–water partition coefficient (Wildman–Crippen LogP) is 5.53. The number of nitrogens with one attached hydrogen (secondary N) is 1. The zero-order valence-corrected chi connectivity index (χ0v) is 21.9. The highest BCUT2D eigenvalue weighted by molar-refractivity contribution is 6.02. The standard InChI is InChI=1S/C31H33N5O2/c1-23-3-5-26(6-4-23)21-36-22-30(33-34-36)31(37)32-27-13-9-24(10-14-27)7-8-25-11-15-28(16-12-25)38-29-17-19-35(2)20-18-29/h3-16,22,29H,17-21H2,1-2H3,(H,32,37)/b8-7+. The van der Waals surface area contributed by atoms with Crippen molar-refractivity contribution in [3.8, 4) is 5.75 Å². The summed E-state index contributed by atoms with van der Waals surface area (Å²) < 4.78 is 7.80. The molecule has 0 atom stereocenters. The van der Waals surface area contributed by atoms with E-state index in [2.05, 4.69) is 70.9 Å². The van der Waals surface area contributed by atoms with Crippen molar-refractivity contribution >= 4 is 23.7 Å². The van der Waals surface area contributed by atoms with Gasteiger partial charge in [-0.05, 0) is 67.8 Å². The van der Waals surface area contributed by atoms with Crippen LogP contribution in [0.5, 0.6) is 5.75 Å². The molecule has 1 aromatic heterocycles. The SMILES string of the molecule is Cc1ccc(Cn2cc(C(=O)Nc3ccc(/C=C/c4ccc(OC5CCN(C)CC5)cc4)cc3)nn2)cc1. The van der Waals surface area contributed by atoms with E-state index < -0.39 is 0 Å². The number of hydrogen-bond donors (Lipinski definition) is 1. The summed E-state index contributed by atoms with van der Waals surface area (Å²) in [5.74, 6) is 0.637. The first-order chi connectivity index (χ1) is 18.5. The Hall–Kier alpha value is -4.23. The number of piperidine rings is 1. The third-order valence-corrected chi connectivity index (χ3v) is 6.72. The smallest absolute Gasteiger partial charge is 0.277 e. The van der Waals surface area contributed by atoms with E-state index in [-0.39, 0.29) is 11.6 Å². The van der Waals surface area contributed by atoms with Crippen molar-refractivity contribution in [1.29, 1.82) is 0 Å². The molecule has 1 N–H and O–H groups in total. The van der Waals surface area contributed by atoms with E-state index in [1.165, 1.54) is 5.56 Å². The summed E-state index contributed by atoms with van der Waals surface area (Å²) in [6.07, 6.45) is 8.23. The van der Waals surface area contributed by atoms with Gasteiger partial charge in [-0.15, -0.1) is 5.10 Å². The van der Waals surface area contributed by atoms with Crippen LogP contribution in [-0.2, 0) is 6.54 Å². The number of benzene rings is 3. The van der Waals surface area contributed by atoms with Crippen molar-refractivity contribution in [2.75, 3.05) is 25.5 Å². The normalized spacial score (nSPS) is 14.6. The van der Waals surface area contributed by atoms with Crippen LogP contribution in [0.15, 0.2) is 79.0 Å². The van der Waals surface area contributed by atoms with Gasteiger partial charge in [0.05, 0.1) is 12.7 Å². The van der Waals surface area contributed by atoms with Crippen LogP contribution in [0.4, 0.5) is 5.69 Å². The third kappa shape index (κ3) is 6.95. The van der Waals surface area contributed by atoms with Crippen molar-refractivity contribution in [3.05, 3.63) is 107 Å². The molecule has 0 spiro atoms. The molecule has 5 rings (SSSR count). The highest BCUT2D eigenvalue weighted by atomic mass is 16.5. The Morgan fingerprint density at radius 3 is 2.24 bits per heavy atom. The number of carbonyl (C=O) groups excluding carboxylic acids is 1. The first-order valence-electron chi connectivity index (χ1n) is 13.0. The van der Waals surface area contributed by atoms with E-state index >= 15 is 0 Å². The molecule has 1 aliphatic rings. The third-order valence-electron chi connectivity index (χ3n) is 6.72. The van der Waals surface area contributed by atoms with Gasteiger partial charge < -0.3 is 15.0 Å². The molecule has 0 bridgehead atoms. The lowest BCUT2D eigenvalue weighted by molar-refractivity contribution is 0.102. The summed E-state index contributed by atoms with van der Waals surface area (Å²) in [5, 5.41) is 11.0. The van der Waals surface area contributed by atoms with Crippen LogP contribution in [0, 0.1) is 6.92 Å². The summed E-state index contributed by atoms with van der Waals surface area (Å²) in [7, 11) is 2.16. The minimum absolute atomic E-state index is 0.282. The Bertz CT molecular complexity index is 1370. The van der Waals surface area contributed by atoms with E-state index in [1.54, 1.807) is 10.9 Å². The summed E-state index contributed by atoms with van der Waals surface area (Å²) in [6.45, 7) is 4.79. The Kier molecular flexibility index (Phi) is 7.95. The quantitative estimate of drug-likeness (QED) is 0.318. The molecule has 3 aromatic carbocycles. The molecule has 1 fully saturated rings. The summed E-state index contributed by atoms with van der Waals surface area (Å²) in [6, 6.07) is 24.1. The van der Waals surface area contributed by atoms with Crippen LogP contribution in [0.2, 0.25) is 0 Å². The van der Waals surface area contributed by atoms with Crippen LogP contribution >= 0.6 is 0 Å². The molecule has 0 unspecified atom stereocenters. The number of anilines is 1. The number of likely N-dealkylation sites (tertiary alicyclic amines) is 1. The molecular weight excluding hydrogens is 474 g/mol.